The van der Waals surface area contributed by atoms with Gasteiger partial charge in [-0.25, -0.2) is 0 Å². The summed E-state index contributed by atoms with van der Waals surface area (Å²) in [6, 6.07) is 6.79. The topological polar surface area (TPSA) is 75.3 Å². The van der Waals surface area contributed by atoms with Crippen LogP contribution in [0.1, 0.15) is 19.4 Å². The summed E-state index contributed by atoms with van der Waals surface area (Å²) >= 11 is 0. The Morgan fingerprint density at radius 1 is 1.41 bits per heavy atom. The third kappa shape index (κ3) is 4.44. The van der Waals surface area contributed by atoms with E-state index in [0.717, 1.165) is 0 Å². The number of hydrogen-bond acceptors (Lipinski definition) is 3. The molecule has 4 N–H and O–H groups in total. The molecule has 1 atom stereocenters. The number of carbonyl (C=O) groups is 1. The first kappa shape index (κ1) is 13.5. The van der Waals surface area contributed by atoms with Crippen molar-refractivity contribution in [1.82, 2.24) is 5.32 Å². The second-order valence-electron chi connectivity index (χ2n) is 4.52. The fourth-order valence-corrected chi connectivity index (χ4v) is 1.36. The molecule has 1 rings (SSSR count). The van der Waals surface area contributed by atoms with Crippen molar-refractivity contribution in [3.8, 4) is 5.75 Å². The van der Waals surface area contributed by atoms with E-state index in [1.807, 2.05) is 13.8 Å². The number of nitrogens with one attached hydrogen (secondary N) is 1. The zero-order valence-electron chi connectivity index (χ0n) is 10.3. The number of nitrogens with two attached hydrogens (primary N) is 1. The van der Waals surface area contributed by atoms with Crippen LogP contribution in [0.3, 0.4) is 0 Å². The summed E-state index contributed by atoms with van der Waals surface area (Å²) in [5, 5.41) is 12.3. The summed E-state index contributed by atoms with van der Waals surface area (Å²) in [7, 11) is 0. The predicted molar refractivity (Wildman–Crippen MR) is 67.6 cm³/mol. The van der Waals surface area contributed by atoms with Crippen LogP contribution in [0.5, 0.6) is 5.75 Å². The number of rotatable bonds is 5. The van der Waals surface area contributed by atoms with E-state index >= 15 is 0 Å². The van der Waals surface area contributed by atoms with Crippen molar-refractivity contribution >= 4 is 5.91 Å². The number of phenols is 1. The van der Waals surface area contributed by atoms with Crippen molar-refractivity contribution in [3.05, 3.63) is 29.8 Å². The minimum atomic E-state index is -0.123. The molecule has 0 bridgehead atoms. The third-order valence-electron chi connectivity index (χ3n) is 2.73. The van der Waals surface area contributed by atoms with Crippen LogP contribution in [0.25, 0.3) is 0 Å². The number of carbonyl (C=O) groups excluding carboxylic acids is 1. The quantitative estimate of drug-likeness (QED) is 0.715. The van der Waals surface area contributed by atoms with Crippen LogP contribution in [0, 0.1) is 5.92 Å². The van der Waals surface area contributed by atoms with E-state index in [0.29, 0.717) is 18.0 Å². The highest BCUT2D eigenvalue weighted by atomic mass is 16.3. The van der Waals surface area contributed by atoms with E-state index in [9.17, 15) is 9.90 Å². The fourth-order valence-electron chi connectivity index (χ4n) is 1.36. The molecule has 1 aromatic rings. The summed E-state index contributed by atoms with van der Waals surface area (Å²) < 4.78 is 0. The molecule has 0 aliphatic carbocycles. The molecular weight excluding hydrogens is 216 g/mol. The Morgan fingerprint density at radius 3 is 2.65 bits per heavy atom. The molecule has 0 fully saturated rings. The van der Waals surface area contributed by atoms with Crippen molar-refractivity contribution in [3.63, 3.8) is 0 Å². The van der Waals surface area contributed by atoms with Gasteiger partial charge in [-0.1, -0.05) is 32.0 Å². The number of amides is 1. The molecule has 1 unspecified atom stereocenters. The highest BCUT2D eigenvalue weighted by Crippen LogP contribution is 2.15. The molecule has 0 aliphatic rings. The average Bonchev–Trinajstić information content (AvgIpc) is 2.29. The van der Waals surface area contributed by atoms with Crippen LogP contribution in [-0.4, -0.2) is 23.6 Å². The third-order valence-corrected chi connectivity index (χ3v) is 2.73. The van der Waals surface area contributed by atoms with Crippen LogP contribution < -0.4 is 11.1 Å². The maximum absolute atomic E-state index is 11.6. The molecule has 4 heteroatoms. The van der Waals surface area contributed by atoms with E-state index in [1.165, 1.54) is 0 Å². The van der Waals surface area contributed by atoms with Crippen LogP contribution in [0.2, 0.25) is 0 Å². The van der Waals surface area contributed by atoms with Crippen molar-refractivity contribution in [2.45, 2.75) is 26.3 Å². The summed E-state index contributed by atoms with van der Waals surface area (Å²) in [4.78, 5) is 11.6. The number of benzene rings is 1. The Morgan fingerprint density at radius 2 is 2.06 bits per heavy atom. The van der Waals surface area contributed by atoms with Gasteiger partial charge in [-0.05, 0) is 12.0 Å². The second-order valence-corrected chi connectivity index (χ2v) is 4.52. The smallest absolute Gasteiger partial charge is 0.224 e. The van der Waals surface area contributed by atoms with Gasteiger partial charge in [0.05, 0.1) is 6.42 Å². The van der Waals surface area contributed by atoms with Crippen molar-refractivity contribution in [1.29, 1.82) is 0 Å². The fraction of sp³-hybridized carbons (Fsp3) is 0.462. The lowest BCUT2D eigenvalue weighted by Gasteiger charge is -2.16. The Bertz CT molecular complexity index is 377. The normalized spacial score (nSPS) is 12.5. The molecule has 0 spiro atoms. The summed E-state index contributed by atoms with van der Waals surface area (Å²) in [6.07, 6.45) is 0.178. The lowest BCUT2D eigenvalue weighted by Crippen LogP contribution is -2.40. The van der Waals surface area contributed by atoms with Gasteiger partial charge in [-0.3, -0.25) is 4.79 Å². The number of aromatic hydroxyl groups is 1. The van der Waals surface area contributed by atoms with E-state index in [1.54, 1.807) is 24.3 Å². The van der Waals surface area contributed by atoms with Gasteiger partial charge < -0.3 is 16.2 Å². The molecule has 1 amide bonds. The molecule has 0 radical (unpaired) electrons. The average molecular weight is 236 g/mol. The molecule has 0 aliphatic heterocycles. The van der Waals surface area contributed by atoms with Gasteiger partial charge in [0.1, 0.15) is 5.75 Å². The minimum absolute atomic E-state index is 0.0386. The standard InChI is InChI=1S/C13H20N2O2/c1-9(2)11(14)8-15-13(17)7-10-5-3-4-6-12(10)16/h3-6,9,11,16H,7-8,14H2,1-2H3,(H,15,17). The predicted octanol–water partition coefficient (Wildman–Crippen LogP) is 1.03. The van der Waals surface area contributed by atoms with E-state index in [-0.39, 0.29) is 24.1 Å². The molecule has 94 valence electrons. The van der Waals surface area contributed by atoms with Crippen LogP contribution in [-0.2, 0) is 11.2 Å². The highest BCUT2D eigenvalue weighted by Gasteiger charge is 2.10. The molecule has 0 saturated carbocycles. The summed E-state index contributed by atoms with van der Waals surface area (Å²) in [6.45, 7) is 4.49. The highest BCUT2D eigenvalue weighted by molar-refractivity contribution is 5.79. The van der Waals surface area contributed by atoms with Crippen LogP contribution in [0.15, 0.2) is 24.3 Å². The maximum atomic E-state index is 11.6. The Balaban J connectivity index is 2.43. The first-order valence-corrected chi connectivity index (χ1v) is 5.80. The Hall–Kier alpha value is -1.55. The largest absolute Gasteiger partial charge is 0.508 e. The lowest BCUT2D eigenvalue weighted by atomic mass is 10.1. The maximum Gasteiger partial charge on any atom is 0.224 e. The molecule has 17 heavy (non-hydrogen) atoms. The lowest BCUT2D eigenvalue weighted by molar-refractivity contribution is -0.120. The Kier molecular flexibility index (Phi) is 4.97. The molecule has 0 aromatic heterocycles. The van der Waals surface area contributed by atoms with Gasteiger partial charge in [0.15, 0.2) is 0 Å². The molecule has 1 aromatic carbocycles. The van der Waals surface area contributed by atoms with Crippen LogP contribution >= 0.6 is 0 Å². The number of para-hydroxylation sites is 1. The molecular formula is C13H20N2O2. The van der Waals surface area contributed by atoms with Crippen molar-refractivity contribution < 1.29 is 9.90 Å². The van der Waals surface area contributed by atoms with Gasteiger partial charge in [0.25, 0.3) is 0 Å². The van der Waals surface area contributed by atoms with Gasteiger partial charge in [-0.15, -0.1) is 0 Å². The zero-order chi connectivity index (χ0) is 12.8. The molecule has 0 heterocycles. The molecule has 0 saturated heterocycles. The number of hydrogen-bond donors (Lipinski definition) is 3. The summed E-state index contributed by atoms with van der Waals surface area (Å²) in [5.41, 5.74) is 6.45. The number of phenolic OH excluding ortho intramolecular Hbond substituents is 1. The van der Waals surface area contributed by atoms with Crippen LogP contribution in [0.4, 0.5) is 0 Å². The molecule has 4 nitrogen and oxygen atoms in total. The van der Waals surface area contributed by atoms with E-state index in [4.69, 9.17) is 5.73 Å². The van der Waals surface area contributed by atoms with Gasteiger partial charge >= 0.3 is 0 Å². The van der Waals surface area contributed by atoms with Gasteiger partial charge in [-0.2, -0.15) is 0 Å². The van der Waals surface area contributed by atoms with Crippen molar-refractivity contribution in [2.24, 2.45) is 11.7 Å². The first-order valence-electron chi connectivity index (χ1n) is 5.80. The monoisotopic (exact) mass is 236 g/mol. The van der Waals surface area contributed by atoms with Crippen molar-refractivity contribution in [2.75, 3.05) is 6.54 Å². The van der Waals surface area contributed by atoms with E-state index < -0.39 is 0 Å². The van der Waals surface area contributed by atoms with E-state index in [2.05, 4.69) is 5.32 Å². The van der Waals surface area contributed by atoms with Gasteiger partial charge in [0, 0.05) is 18.2 Å². The minimum Gasteiger partial charge on any atom is -0.508 e. The SMILES string of the molecule is CC(C)C(N)CNC(=O)Cc1ccccc1O. The zero-order valence-corrected chi connectivity index (χ0v) is 10.3. The summed E-state index contributed by atoms with van der Waals surface area (Å²) in [5.74, 6) is 0.360. The first-order chi connectivity index (χ1) is 8.00. The second kappa shape index (κ2) is 6.25. The van der Waals surface area contributed by atoms with Gasteiger partial charge in [0.2, 0.25) is 5.91 Å². The Labute approximate surface area is 102 Å².